The molecule has 0 spiro atoms. The normalized spacial score (nSPS) is 18.2. The van der Waals surface area contributed by atoms with Crippen LogP contribution in [0.5, 0.6) is 0 Å². The Hall–Kier alpha value is -1.81. The van der Waals surface area contributed by atoms with E-state index in [1.54, 1.807) is 0 Å². The van der Waals surface area contributed by atoms with Gasteiger partial charge in [-0.05, 0) is 42.5 Å². The van der Waals surface area contributed by atoms with Crippen molar-refractivity contribution in [1.82, 2.24) is 14.7 Å². The second kappa shape index (κ2) is 7.18. The number of hydrogen-bond acceptors (Lipinski definition) is 2. The van der Waals surface area contributed by atoms with E-state index in [-0.39, 0.29) is 5.91 Å². The van der Waals surface area contributed by atoms with Gasteiger partial charge in [-0.1, -0.05) is 23.7 Å². The maximum atomic E-state index is 12.5. The predicted molar refractivity (Wildman–Crippen MR) is 91.5 cm³/mol. The molecule has 0 saturated carbocycles. The summed E-state index contributed by atoms with van der Waals surface area (Å²) in [4.78, 5) is 14.5. The van der Waals surface area contributed by atoms with E-state index in [2.05, 4.69) is 11.3 Å². The van der Waals surface area contributed by atoms with Crippen LogP contribution in [0.3, 0.4) is 0 Å². The highest BCUT2D eigenvalue weighted by molar-refractivity contribution is 6.30. The van der Waals surface area contributed by atoms with E-state index < -0.39 is 0 Å². The summed E-state index contributed by atoms with van der Waals surface area (Å²) in [7, 11) is 1.93. The van der Waals surface area contributed by atoms with Crippen LogP contribution in [0.4, 0.5) is 0 Å². The van der Waals surface area contributed by atoms with Gasteiger partial charge < -0.3 is 4.90 Å². The maximum Gasteiger partial charge on any atom is 0.222 e. The summed E-state index contributed by atoms with van der Waals surface area (Å²) in [6.07, 6.45) is 7.45. The fraction of sp³-hybridized carbons (Fsp3) is 0.444. The van der Waals surface area contributed by atoms with Crippen LogP contribution in [0.25, 0.3) is 0 Å². The number of amides is 1. The van der Waals surface area contributed by atoms with E-state index >= 15 is 0 Å². The first-order chi connectivity index (χ1) is 11.1. The molecule has 5 heteroatoms. The summed E-state index contributed by atoms with van der Waals surface area (Å²) in [6.45, 7) is 1.67. The molecule has 1 fully saturated rings. The van der Waals surface area contributed by atoms with E-state index in [0.717, 1.165) is 42.9 Å². The molecule has 4 nitrogen and oxygen atoms in total. The molecule has 1 aromatic carbocycles. The number of carbonyl (C=O) groups is 1. The van der Waals surface area contributed by atoms with Gasteiger partial charge in [0.1, 0.15) is 0 Å². The zero-order valence-electron chi connectivity index (χ0n) is 13.4. The molecule has 23 heavy (non-hydrogen) atoms. The van der Waals surface area contributed by atoms with Crippen molar-refractivity contribution in [3.63, 3.8) is 0 Å². The zero-order valence-corrected chi connectivity index (χ0v) is 14.2. The Bertz CT molecular complexity index is 682. The smallest absolute Gasteiger partial charge is 0.222 e. The van der Waals surface area contributed by atoms with Crippen LogP contribution < -0.4 is 0 Å². The number of nitrogens with zero attached hydrogens (tertiary/aromatic N) is 3. The number of likely N-dealkylation sites (tertiary alicyclic amines) is 1. The van der Waals surface area contributed by atoms with Crippen LogP contribution in [0.15, 0.2) is 36.7 Å². The van der Waals surface area contributed by atoms with Crippen LogP contribution >= 0.6 is 11.6 Å². The molecule has 1 aliphatic rings. The molecule has 1 atom stereocenters. The van der Waals surface area contributed by atoms with E-state index in [9.17, 15) is 4.79 Å². The fourth-order valence-electron chi connectivity index (χ4n) is 3.23. The van der Waals surface area contributed by atoms with Gasteiger partial charge in [0.05, 0.1) is 6.20 Å². The van der Waals surface area contributed by atoms with Crippen molar-refractivity contribution in [2.75, 3.05) is 13.1 Å². The van der Waals surface area contributed by atoms with Crippen molar-refractivity contribution in [2.24, 2.45) is 7.05 Å². The van der Waals surface area contributed by atoms with Crippen molar-refractivity contribution < 1.29 is 4.79 Å². The van der Waals surface area contributed by atoms with Gasteiger partial charge in [-0.2, -0.15) is 5.10 Å². The molecule has 1 saturated heterocycles. The molecule has 1 aliphatic heterocycles. The van der Waals surface area contributed by atoms with Gasteiger partial charge in [0.25, 0.3) is 0 Å². The van der Waals surface area contributed by atoms with Gasteiger partial charge in [0.15, 0.2) is 0 Å². The fourth-order valence-corrected chi connectivity index (χ4v) is 3.44. The molecule has 122 valence electrons. The molecule has 0 radical (unpaired) electrons. The zero-order chi connectivity index (χ0) is 16.2. The number of halogens is 1. The number of rotatable bonds is 4. The minimum atomic E-state index is 0.235. The number of carbonyl (C=O) groups excluding carboxylic acids is 1. The Kier molecular flexibility index (Phi) is 5.01. The first kappa shape index (κ1) is 16.1. The molecule has 2 heterocycles. The average Bonchev–Trinajstić information content (AvgIpc) is 2.99. The summed E-state index contributed by atoms with van der Waals surface area (Å²) in [5, 5.41) is 4.97. The van der Waals surface area contributed by atoms with Crippen LogP contribution in [0, 0.1) is 0 Å². The standard InChI is InChI=1S/C18H22ClN3O/c1-21-12-16(11-20-21)15-5-3-9-22(13-15)18(23)8-7-14-4-2-6-17(19)10-14/h2,4,6,10-12,15H,3,5,7-9,13H2,1H3. The first-order valence-corrected chi connectivity index (χ1v) is 8.50. The molecule has 2 aromatic rings. The second-order valence-electron chi connectivity index (χ2n) is 6.26. The summed E-state index contributed by atoms with van der Waals surface area (Å²) < 4.78 is 1.83. The molecule has 0 bridgehead atoms. The lowest BCUT2D eigenvalue weighted by atomic mass is 9.92. The quantitative estimate of drug-likeness (QED) is 0.861. The summed E-state index contributed by atoms with van der Waals surface area (Å²) in [5.41, 5.74) is 2.35. The van der Waals surface area contributed by atoms with Crippen LogP contribution in [-0.2, 0) is 18.3 Å². The highest BCUT2D eigenvalue weighted by atomic mass is 35.5. The number of aromatic nitrogens is 2. The lowest BCUT2D eigenvalue weighted by Crippen LogP contribution is -2.39. The van der Waals surface area contributed by atoms with E-state index in [4.69, 9.17) is 11.6 Å². The third-order valence-corrected chi connectivity index (χ3v) is 4.72. The molecule has 0 aliphatic carbocycles. The van der Waals surface area contributed by atoms with Gasteiger partial charge in [0, 0.05) is 43.7 Å². The first-order valence-electron chi connectivity index (χ1n) is 8.12. The summed E-state index contributed by atoms with van der Waals surface area (Å²) >= 11 is 5.99. The minimum Gasteiger partial charge on any atom is -0.342 e. The maximum absolute atomic E-state index is 12.5. The van der Waals surface area contributed by atoms with Crippen LogP contribution in [0.2, 0.25) is 5.02 Å². The minimum absolute atomic E-state index is 0.235. The van der Waals surface area contributed by atoms with Crippen molar-refractivity contribution >= 4 is 17.5 Å². The molecule has 0 N–H and O–H groups in total. The van der Waals surface area contributed by atoms with Gasteiger partial charge in [-0.3, -0.25) is 9.48 Å². The summed E-state index contributed by atoms with van der Waals surface area (Å²) in [5.74, 6) is 0.645. The largest absolute Gasteiger partial charge is 0.342 e. The van der Waals surface area contributed by atoms with Crippen molar-refractivity contribution in [2.45, 2.75) is 31.6 Å². The third-order valence-electron chi connectivity index (χ3n) is 4.49. The van der Waals surface area contributed by atoms with E-state index in [1.807, 2.05) is 47.1 Å². The number of benzene rings is 1. The highest BCUT2D eigenvalue weighted by Gasteiger charge is 2.25. The lowest BCUT2D eigenvalue weighted by Gasteiger charge is -2.32. The topological polar surface area (TPSA) is 38.1 Å². The molecule has 1 unspecified atom stereocenters. The number of piperidine rings is 1. The average molecular weight is 332 g/mol. The van der Waals surface area contributed by atoms with Gasteiger partial charge >= 0.3 is 0 Å². The lowest BCUT2D eigenvalue weighted by molar-refractivity contribution is -0.132. The molecule has 1 amide bonds. The number of aryl methyl sites for hydroxylation is 2. The SMILES string of the molecule is Cn1cc(C2CCCN(C(=O)CCc3cccc(Cl)c3)C2)cn1. The van der Waals surface area contributed by atoms with Gasteiger partial charge in [-0.15, -0.1) is 0 Å². The highest BCUT2D eigenvalue weighted by Crippen LogP contribution is 2.27. The van der Waals surface area contributed by atoms with Gasteiger partial charge in [0.2, 0.25) is 5.91 Å². The van der Waals surface area contributed by atoms with E-state index in [0.29, 0.717) is 12.3 Å². The monoisotopic (exact) mass is 331 g/mol. The molecular weight excluding hydrogens is 310 g/mol. The third kappa shape index (κ3) is 4.14. The number of hydrogen-bond donors (Lipinski definition) is 0. The van der Waals surface area contributed by atoms with Crippen molar-refractivity contribution in [3.8, 4) is 0 Å². The van der Waals surface area contributed by atoms with E-state index in [1.165, 1.54) is 5.56 Å². The Morgan fingerprint density at radius 2 is 2.30 bits per heavy atom. The molecule has 1 aromatic heterocycles. The van der Waals surface area contributed by atoms with Crippen molar-refractivity contribution in [3.05, 3.63) is 52.8 Å². The second-order valence-corrected chi connectivity index (χ2v) is 6.69. The van der Waals surface area contributed by atoms with Crippen LogP contribution in [-0.4, -0.2) is 33.7 Å². The predicted octanol–water partition coefficient (Wildman–Crippen LogP) is 3.41. The Morgan fingerprint density at radius 3 is 3.04 bits per heavy atom. The molecular formula is C18H22ClN3O. The molecule has 3 rings (SSSR count). The summed E-state index contributed by atoms with van der Waals surface area (Å²) in [6, 6.07) is 7.74. The van der Waals surface area contributed by atoms with Gasteiger partial charge in [-0.25, -0.2) is 0 Å². The van der Waals surface area contributed by atoms with Crippen LogP contribution in [0.1, 0.15) is 36.3 Å². The Balaban J connectivity index is 1.56. The Morgan fingerprint density at radius 1 is 1.43 bits per heavy atom. The van der Waals surface area contributed by atoms with Crippen molar-refractivity contribution in [1.29, 1.82) is 0 Å². The Labute approximate surface area is 142 Å².